The van der Waals surface area contributed by atoms with Crippen LogP contribution in [-0.2, 0) is 9.53 Å². The van der Waals surface area contributed by atoms with Crippen molar-refractivity contribution in [3.63, 3.8) is 0 Å². The number of carbonyl (C=O) groups excluding carboxylic acids is 1. The van der Waals surface area contributed by atoms with Crippen molar-refractivity contribution in [3.05, 3.63) is 0 Å². The molecular weight excluding hydrogens is 156 g/mol. The number of morpholine rings is 1. The van der Waals surface area contributed by atoms with Gasteiger partial charge in [-0.25, -0.2) is 0 Å². The average Bonchev–Trinajstić information content (AvgIpc) is 2.16. The van der Waals surface area contributed by atoms with Crippen molar-refractivity contribution in [3.8, 4) is 0 Å². The Morgan fingerprint density at radius 1 is 1.50 bits per heavy atom. The Morgan fingerprint density at radius 3 is 2.75 bits per heavy atom. The van der Waals surface area contributed by atoms with Gasteiger partial charge >= 0.3 is 0 Å². The SMILES string of the molecule is CN(C=O)CCN1CCOCC1. The number of carbonyl (C=O) groups is 1. The minimum Gasteiger partial charge on any atom is -0.379 e. The van der Waals surface area contributed by atoms with Crippen LogP contribution in [0.2, 0.25) is 0 Å². The Balaban J connectivity index is 2.08. The molecule has 0 bridgehead atoms. The van der Waals surface area contributed by atoms with Crippen molar-refractivity contribution in [2.24, 2.45) is 0 Å². The first-order chi connectivity index (χ1) is 5.83. The molecule has 0 aliphatic carbocycles. The molecule has 12 heavy (non-hydrogen) atoms. The molecule has 1 fully saturated rings. The maximum absolute atomic E-state index is 10.3. The smallest absolute Gasteiger partial charge is 0.209 e. The van der Waals surface area contributed by atoms with Crippen LogP contribution in [0.5, 0.6) is 0 Å². The fourth-order valence-electron chi connectivity index (χ4n) is 1.18. The molecule has 70 valence electrons. The molecule has 1 amide bonds. The minimum absolute atomic E-state index is 0.809. The fraction of sp³-hybridized carbons (Fsp3) is 0.875. The van der Waals surface area contributed by atoms with E-state index in [4.69, 9.17) is 4.74 Å². The highest BCUT2D eigenvalue weighted by atomic mass is 16.5. The molecule has 1 rings (SSSR count). The van der Waals surface area contributed by atoms with E-state index in [1.165, 1.54) is 0 Å². The van der Waals surface area contributed by atoms with E-state index in [0.29, 0.717) is 0 Å². The van der Waals surface area contributed by atoms with Crippen LogP contribution < -0.4 is 0 Å². The van der Waals surface area contributed by atoms with Crippen LogP contribution in [0.25, 0.3) is 0 Å². The molecule has 1 saturated heterocycles. The molecule has 4 heteroatoms. The summed E-state index contributed by atoms with van der Waals surface area (Å²) < 4.78 is 5.21. The highest BCUT2D eigenvalue weighted by molar-refractivity contribution is 5.46. The molecule has 1 aliphatic heterocycles. The van der Waals surface area contributed by atoms with Crippen LogP contribution >= 0.6 is 0 Å². The number of rotatable bonds is 4. The van der Waals surface area contributed by atoms with Gasteiger partial charge in [-0.1, -0.05) is 0 Å². The summed E-state index contributed by atoms with van der Waals surface area (Å²) in [6.07, 6.45) is 0.862. The van der Waals surface area contributed by atoms with Gasteiger partial charge in [-0.2, -0.15) is 0 Å². The Labute approximate surface area is 73.1 Å². The van der Waals surface area contributed by atoms with E-state index in [-0.39, 0.29) is 0 Å². The fourth-order valence-corrected chi connectivity index (χ4v) is 1.18. The van der Waals surface area contributed by atoms with E-state index in [0.717, 1.165) is 45.8 Å². The third kappa shape index (κ3) is 3.19. The maximum atomic E-state index is 10.3. The predicted molar refractivity (Wildman–Crippen MR) is 46.0 cm³/mol. The number of ether oxygens (including phenoxy) is 1. The molecule has 1 heterocycles. The van der Waals surface area contributed by atoms with Crippen molar-refractivity contribution in [2.45, 2.75) is 0 Å². The van der Waals surface area contributed by atoms with Gasteiger partial charge in [0.05, 0.1) is 13.2 Å². The Kier molecular flexibility index (Phi) is 4.04. The third-order valence-corrected chi connectivity index (χ3v) is 2.05. The number of nitrogens with zero attached hydrogens (tertiary/aromatic N) is 2. The molecule has 0 aromatic heterocycles. The minimum atomic E-state index is 0.809. The molecule has 0 N–H and O–H groups in total. The van der Waals surface area contributed by atoms with Gasteiger partial charge in [-0.15, -0.1) is 0 Å². The van der Waals surface area contributed by atoms with Crippen LogP contribution in [-0.4, -0.2) is 62.7 Å². The summed E-state index contributed by atoms with van der Waals surface area (Å²) in [7, 11) is 1.80. The highest BCUT2D eigenvalue weighted by Crippen LogP contribution is 1.95. The molecule has 0 atom stereocenters. The molecule has 0 spiro atoms. The van der Waals surface area contributed by atoms with Crippen LogP contribution in [0.3, 0.4) is 0 Å². The maximum Gasteiger partial charge on any atom is 0.209 e. The zero-order valence-corrected chi connectivity index (χ0v) is 7.53. The number of hydrogen-bond acceptors (Lipinski definition) is 3. The van der Waals surface area contributed by atoms with Gasteiger partial charge in [0, 0.05) is 33.2 Å². The lowest BCUT2D eigenvalue weighted by Gasteiger charge is -2.27. The largest absolute Gasteiger partial charge is 0.379 e. The first-order valence-electron chi connectivity index (χ1n) is 4.28. The lowest BCUT2D eigenvalue weighted by atomic mass is 10.4. The third-order valence-electron chi connectivity index (χ3n) is 2.05. The van der Waals surface area contributed by atoms with E-state index in [1.54, 1.807) is 11.9 Å². The number of hydrogen-bond donors (Lipinski definition) is 0. The first-order valence-corrected chi connectivity index (χ1v) is 4.28. The lowest BCUT2D eigenvalue weighted by molar-refractivity contribution is -0.117. The summed E-state index contributed by atoms with van der Waals surface area (Å²) in [4.78, 5) is 14.2. The van der Waals surface area contributed by atoms with Gasteiger partial charge < -0.3 is 9.64 Å². The molecule has 0 radical (unpaired) electrons. The second kappa shape index (κ2) is 5.11. The van der Waals surface area contributed by atoms with Crippen molar-refractivity contribution >= 4 is 6.41 Å². The van der Waals surface area contributed by atoms with Gasteiger partial charge in [0.25, 0.3) is 0 Å². The van der Waals surface area contributed by atoms with Crippen molar-refractivity contribution in [1.82, 2.24) is 9.80 Å². The Morgan fingerprint density at radius 2 is 2.17 bits per heavy atom. The topological polar surface area (TPSA) is 32.8 Å². The number of amides is 1. The Bertz CT molecular complexity index is 135. The van der Waals surface area contributed by atoms with Gasteiger partial charge in [-0.3, -0.25) is 9.69 Å². The molecule has 0 aromatic carbocycles. The molecule has 0 saturated carbocycles. The highest BCUT2D eigenvalue weighted by Gasteiger charge is 2.09. The van der Waals surface area contributed by atoms with Gasteiger partial charge in [0.2, 0.25) is 6.41 Å². The van der Waals surface area contributed by atoms with Gasteiger partial charge in [0.15, 0.2) is 0 Å². The second-order valence-electron chi connectivity index (χ2n) is 3.04. The van der Waals surface area contributed by atoms with Gasteiger partial charge in [-0.05, 0) is 0 Å². The molecule has 0 unspecified atom stereocenters. The van der Waals surface area contributed by atoms with E-state index >= 15 is 0 Å². The quantitative estimate of drug-likeness (QED) is 0.531. The van der Waals surface area contributed by atoms with Crippen molar-refractivity contribution < 1.29 is 9.53 Å². The summed E-state index contributed by atoms with van der Waals surface area (Å²) in [6.45, 7) is 5.40. The molecular formula is C8H16N2O2. The van der Waals surface area contributed by atoms with E-state index in [1.807, 2.05) is 0 Å². The zero-order chi connectivity index (χ0) is 8.81. The number of likely N-dealkylation sites (N-methyl/N-ethyl adjacent to an activating group) is 1. The standard InChI is InChI=1S/C8H16N2O2/c1-9(8-11)2-3-10-4-6-12-7-5-10/h8H,2-7H2,1H3. The van der Waals surface area contributed by atoms with Crippen LogP contribution in [0, 0.1) is 0 Å². The molecule has 0 aromatic rings. The average molecular weight is 172 g/mol. The van der Waals surface area contributed by atoms with Gasteiger partial charge in [0.1, 0.15) is 0 Å². The lowest BCUT2D eigenvalue weighted by Crippen LogP contribution is -2.40. The summed E-state index contributed by atoms with van der Waals surface area (Å²) in [5.41, 5.74) is 0. The van der Waals surface area contributed by atoms with Crippen molar-refractivity contribution in [1.29, 1.82) is 0 Å². The van der Waals surface area contributed by atoms with Crippen LogP contribution in [0.1, 0.15) is 0 Å². The predicted octanol–water partition coefficient (Wildman–Crippen LogP) is -0.593. The monoisotopic (exact) mass is 172 g/mol. The first kappa shape index (κ1) is 9.48. The summed E-state index contributed by atoms with van der Waals surface area (Å²) >= 11 is 0. The van der Waals surface area contributed by atoms with E-state index in [2.05, 4.69) is 4.90 Å². The molecule has 4 nitrogen and oxygen atoms in total. The Hall–Kier alpha value is -0.610. The summed E-state index contributed by atoms with van der Waals surface area (Å²) in [6, 6.07) is 0. The van der Waals surface area contributed by atoms with E-state index < -0.39 is 0 Å². The van der Waals surface area contributed by atoms with Crippen molar-refractivity contribution in [2.75, 3.05) is 46.4 Å². The summed E-state index contributed by atoms with van der Waals surface area (Å²) in [5, 5.41) is 0. The zero-order valence-electron chi connectivity index (χ0n) is 7.53. The molecule has 1 aliphatic rings. The van der Waals surface area contributed by atoms with E-state index in [9.17, 15) is 4.79 Å². The summed E-state index contributed by atoms with van der Waals surface area (Å²) in [5.74, 6) is 0. The van der Waals surface area contributed by atoms with Crippen LogP contribution in [0.4, 0.5) is 0 Å². The van der Waals surface area contributed by atoms with Crippen LogP contribution in [0.15, 0.2) is 0 Å². The second-order valence-corrected chi connectivity index (χ2v) is 3.04. The normalized spacial score (nSPS) is 19.1.